The van der Waals surface area contributed by atoms with Crippen LogP contribution in [0.2, 0.25) is 0 Å². The van der Waals surface area contributed by atoms with Crippen molar-refractivity contribution in [3.63, 3.8) is 0 Å². The van der Waals surface area contributed by atoms with Gasteiger partial charge in [-0.2, -0.15) is 13.2 Å². The molecule has 0 radical (unpaired) electrons. The summed E-state index contributed by atoms with van der Waals surface area (Å²) in [6.07, 6.45) is -5.51. The van der Waals surface area contributed by atoms with E-state index in [0.717, 1.165) is 10.9 Å². The molecular weight excluding hydrogens is 279 g/mol. The largest absolute Gasteiger partial charge is 0.481 e. The first-order chi connectivity index (χ1) is 8.86. The van der Waals surface area contributed by atoms with Crippen LogP contribution in [-0.4, -0.2) is 27.5 Å². The van der Waals surface area contributed by atoms with Crippen molar-refractivity contribution in [2.45, 2.75) is 22.9 Å². The minimum atomic E-state index is -4.56. The van der Waals surface area contributed by atoms with Crippen molar-refractivity contribution < 1.29 is 23.1 Å². The lowest BCUT2D eigenvalue weighted by atomic mass is 10.3. The van der Waals surface area contributed by atoms with Crippen LogP contribution in [0.3, 0.4) is 0 Å². The molecule has 2 rings (SSSR count). The molecule has 1 aromatic heterocycles. The number of para-hydroxylation sites is 1. The number of hydrogen-bond acceptors (Lipinski definition) is 2. The molecular formula is C12H10F3NO2S. The molecule has 1 aromatic carbocycles. The highest BCUT2D eigenvalue weighted by Gasteiger charge is 2.42. The van der Waals surface area contributed by atoms with Crippen LogP contribution in [-0.2, 0) is 4.79 Å². The van der Waals surface area contributed by atoms with E-state index in [9.17, 15) is 18.0 Å². The van der Waals surface area contributed by atoms with Crippen molar-refractivity contribution in [3.8, 4) is 0 Å². The van der Waals surface area contributed by atoms with Gasteiger partial charge < -0.3 is 10.1 Å². The molecule has 1 heterocycles. The van der Waals surface area contributed by atoms with Crippen molar-refractivity contribution in [2.75, 3.05) is 0 Å². The van der Waals surface area contributed by atoms with Gasteiger partial charge in [0.2, 0.25) is 0 Å². The van der Waals surface area contributed by atoms with E-state index in [0.29, 0.717) is 16.8 Å². The third-order valence-corrected chi connectivity index (χ3v) is 3.69. The minimum absolute atomic E-state index is 0.310. The van der Waals surface area contributed by atoms with Gasteiger partial charge in [-0.05, 0) is 12.1 Å². The number of carboxylic acids is 1. The lowest BCUT2D eigenvalue weighted by Crippen LogP contribution is -2.28. The van der Waals surface area contributed by atoms with E-state index in [1.54, 1.807) is 30.3 Å². The zero-order chi connectivity index (χ0) is 14.0. The fourth-order valence-corrected chi connectivity index (χ4v) is 2.68. The second-order valence-corrected chi connectivity index (χ2v) is 5.21. The number of halogens is 3. The van der Waals surface area contributed by atoms with E-state index in [1.807, 2.05) is 0 Å². The molecule has 19 heavy (non-hydrogen) atoms. The number of hydrogen-bond donors (Lipinski definition) is 2. The smallest absolute Gasteiger partial charge is 0.401 e. The highest BCUT2D eigenvalue weighted by Crippen LogP contribution is 2.37. The van der Waals surface area contributed by atoms with Gasteiger partial charge in [0, 0.05) is 10.9 Å². The Bertz CT molecular complexity index is 561. The Morgan fingerprint density at radius 1 is 1.37 bits per heavy atom. The van der Waals surface area contributed by atoms with Crippen molar-refractivity contribution in [3.05, 3.63) is 30.3 Å². The van der Waals surface area contributed by atoms with Gasteiger partial charge in [0.15, 0.2) is 0 Å². The van der Waals surface area contributed by atoms with Gasteiger partial charge in [-0.3, -0.25) is 4.79 Å². The Labute approximate surface area is 110 Å². The molecule has 7 heteroatoms. The number of benzene rings is 1. The fraction of sp³-hybridized carbons (Fsp3) is 0.250. The van der Waals surface area contributed by atoms with Gasteiger partial charge in [-0.15, -0.1) is 0 Å². The van der Waals surface area contributed by atoms with E-state index in [1.165, 1.54) is 0 Å². The van der Waals surface area contributed by atoms with Crippen LogP contribution in [0.25, 0.3) is 10.9 Å². The maximum absolute atomic E-state index is 12.7. The number of carbonyl (C=O) groups is 1. The average Bonchev–Trinajstić information content (AvgIpc) is 2.68. The average molecular weight is 289 g/mol. The molecule has 2 aromatic rings. The zero-order valence-electron chi connectivity index (χ0n) is 9.57. The highest BCUT2D eigenvalue weighted by molar-refractivity contribution is 8.00. The van der Waals surface area contributed by atoms with Crippen LogP contribution in [0.5, 0.6) is 0 Å². The maximum Gasteiger partial charge on any atom is 0.401 e. The molecule has 0 amide bonds. The zero-order valence-corrected chi connectivity index (χ0v) is 10.4. The normalized spacial score (nSPS) is 13.6. The molecule has 0 aliphatic heterocycles. The summed E-state index contributed by atoms with van der Waals surface area (Å²) in [5.74, 6) is -1.47. The van der Waals surface area contributed by atoms with Crippen LogP contribution in [0, 0.1) is 0 Å². The van der Waals surface area contributed by atoms with E-state index in [-0.39, 0.29) is 0 Å². The molecule has 0 spiro atoms. The van der Waals surface area contributed by atoms with E-state index >= 15 is 0 Å². The molecule has 0 aliphatic rings. The summed E-state index contributed by atoms with van der Waals surface area (Å²) < 4.78 is 38.2. The summed E-state index contributed by atoms with van der Waals surface area (Å²) in [5.41, 5.74) is 0.723. The molecule has 0 fully saturated rings. The number of aromatic nitrogens is 1. The molecule has 3 nitrogen and oxygen atoms in total. The Balaban J connectivity index is 2.23. The van der Waals surface area contributed by atoms with E-state index in [4.69, 9.17) is 5.11 Å². The van der Waals surface area contributed by atoms with Crippen LogP contribution in [0.4, 0.5) is 13.2 Å². The predicted octanol–water partition coefficient (Wildman–Crippen LogP) is 3.67. The highest BCUT2D eigenvalue weighted by atomic mass is 32.2. The molecule has 0 saturated carbocycles. The summed E-state index contributed by atoms with van der Waals surface area (Å²) in [4.78, 5) is 13.3. The third kappa shape index (κ3) is 3.44. The van der Waals surface area contributed by atoms with Crippen molar-refractivity contribution in [1.29, 1.82) is 0 Å². The Kier molecular flexibility index (Phi) is 3.75. The summed E-state index contributed by atoms with van der Waals surface area (Å²) in [6, 6.07) is 8.66. The Morgan fingerprint density at radius 3 is 2.63 bits per heavy atom. The molecule has 0 saturated heterocycles. The molecule has 102 valence electrons. The monoisotopic (exact) mass is 289 g/mol. The lowest BCUT2D eigenvalue weighted by molar-refractivity contribution is -0.149. The van der Waals surface area contributed by atoms with Gasteiger partial charge in [-0.1, -0.05) is 30.0 Å². The lowest BCUT2D eigenvalue weighted by Gasteiger charge is -2.16. The molecule has 2 N–H and O–H groups in total. The summed E-state index contributed by atoms with van der Waals surface area (Å²) in [7, 11) is 0. The van der Waals surface area contributed by atoms with Crippen molar-refractivity contribution >= 4 is 28.6 Å². The summed E-state index contributed by atoms with van der Waals surface area (Å²) in [5, 5.41) is 7.68. The van der Waals surface area contributed by atoms with Crippen molar-refractivity contribution in [2.24, 2.45) is 0 Å². The molecule has 1 atom stereocenters. The number of H-pyrrole nitrogens is 1. The van der Waals surface area contributed by atoms with Crippen molar-refractivity contribution in [1.82, 2.24) is 4.98 Å². The van der Waals surface area contributed by atoms with Crippen LogP contribution in [0.15, 0.2) is 35.4 Å². The number of alkyl halides is 3. The van der Waals surface area contributed by atoms with E-state index in [2.05, 4.69) is 4.98 Å². The van der Waals surface area contributed by atoms with Gasteiger partial charge in [0.1, 0.15) is 5.25 Å². The van der Waals surface area contributed by atoms with Gasteiger partial charge in [0.05, 0.1) is 11.4 Å². The summed E-state index contributed by atoms with van der Waals surface area (Å²) in [6.45, 7) is 0. The van der Waals surface area contributed by atoms with E-state index < -0.39 is 23.8 Å². The van der Waals surface area contributed by atoms with Crippen LogP contribution < -0.4 is 0 Å². The topological polar surface area (TPSA) is 53.1 Å². The third-order valence-electron chi connectivity index (χ3n) is 2.50. The number of rotatable bonds is 4. The first-order valence-electron chi connectivity index (χ1n) is 5.39. The molecule has 1 unspecified atom stereocenters. The Hall–Kier alpha value is -1.63. The quantitative estimate of drug-likeness (QED) is 0.844. The first-order valence-corrected chi connectivity index (χ1v) is 6.27. The predicted molar refractivity (Wildman–Crippen MR) is 66.3 cm³/mol. The van der Waals surface area contributed by atoms with Crippen LogP contribution >= 0.6 is 11.8 Å². The first kappa shape index (κ1) is 13.8. The van der Waals surface area contributed by atoms with Gasteiger partial charge in [-0.25, -0.2) is 0 Å². The van der Waals surface area contributed by atoms with Gasteiger partial charge >= 0.3 is 12.1 Å². The number of carboxylic acid groups (broad SMARTS) is 1. The van der Waals surface area contributed by atoms with Gasteiger partial charge in [0.25, 0.3) is 0 Å². The molecule has 0 aliphatic carbocycles. The fourth-order valence-electron chi connectivity index (χ4n) is 1.65. The second kappa shape index (κ2) is 5.16. The van der Waals surface area contributed by atoms with Crippen LogP contribution in [0.1, 0.15) is 6.42 Å². The second-order valence-electron chi connectivity index (χ2n) is 3.97. The number of thioether (sulfide) groups is 1. The molecule has 0 bridgehead atoms. The number of aliphatic carboxylic acids is 1. The summed E-state index contributed by atoms with van der Waals surface area (Å²) >= 11 is 0.488. The minimum Gasteiger partial charge on any atom is -0.481 e. The maximum atomic E-state index is 12.7. The number of aromatic amines is 1. The SMILES string of the molecule is O=C(O)CC(Sc1cc2ccccc2[nH]1)C(F)(F)F. The Morgan fingerprint density at radius 2 is 2.05 bits per heavy atom. The number of fused-ring (bicyclic) bond motifs is 1. The standard InChI is InChI=1S/C12H10F3NO2S/c13-12(14,15)9(6-11(17)18)19-10-5-7-3-1-2-4-8(7)16-10/h1-5,9,16H,6H2,(H,17,18). The number of nitrogens with one attached hydrogen (secondary N) is 1.